The van der Waals surface area contributed by atoms with Crippen LogP contribution in [0.15, 0.2) is 0 Å². The van der Waals surface area contributed by atoms with E-state index in [4.69, 9.17) is 22.8 Å². The summed E-state index contributed by atoms with van der Waals surface area (Å²) < 4.78 is 26.4. The molecule has 5 nitrogen and oxygen atoms in total. The normalized spacial score (nSPS) is 23.6. The maximum atomic E-state index is 5.57. The first-order valence-electron chi connectivity index (χ1n) is 4.57. The summed E-state index contributed by atoms with van der Waals surface area (Å²) in [4.78, 5) is 0. The predicted molar refractivity (Wildman–Crippen MR) is 51.9 cm³/mol. The molecule has 1 rings (SSSR count). The molecule has 1 aliphatic rings. The lowest BCUT2D eigenvalue weighted by atomic mass is 10.5. The molecule has 14 heavy (non-hydrogen) atoms. The van der Waals surface area contributed by atoms with E-state index in [1.54, 1.807) is 21.3 Å². The number of epoxide rings is 1. The number of hydrogen-bond acceptors (Lipinski definition) is 5. The molecule has 0 saturated carbocycles. The van der Waals surface area contributed by atoms with E-state index in [0.717, 1.165) is 6.61 Å². The fourth-order valence-corrected chi connectivity index (χ4v) is 3.06. The van der Waals surface area contributed by atoms with E-state index in [0.29, 0.717) is 6.61 Å². The van der Waals surface area contributed by atoms with E-state index in [1.165, 1.54) is 0 Å². The average Bonchev–Trinajstić information content (AvgIpc) is 3.02. The summed E-state index contributed by atoms with van der Waals surface area (Å²) in [5.74, 6) is 0. The highest BCUT2D eigenvalue weighted by Crippen LogP contribution is 2.17. The minimum absolute atomic E-state index is 0.174. The van der Waals surface area contributed by atoms with E-state index in [-0.39, 0.29) is 11.8 Å². The van der Waals surface area contributed by atoms with Crippen LogP contribution in [0.25, 0.3) is 0 Å². The smallest absolute Gasteiger partial charge is 0.375 e. The second-order valence-corrected chi connectivity index (χ2v) is 6.39. The van der Waals surface area contributed by atoms with Gasteiger partial charge in [-0.25, -0.2) is 0 Å². The van der Waals surface area contributed by atoms with Gasteiger partial charge >= 0.3 is 8.80 Å². The van der Waals surface area contributed by atoms with Gasteiger partial charge in [-0.15, -0.1) is 0 Å². The number of rotatable bonds is 7. The fourth-order valence-electron chi connectivity index (χ4n) is 1.27. The van der Waals surface area contributed by atoms with Gasteiger partial charge in [-0.05, 0) is 6.92 Å². The molecule has 2 unspecified atom stereocenters. The van der Waals surface area contributed by atoms with Crippen LogP contribution in [-0.2, 0) is 22.8 Å². The predicted octanol–water partition coefficient (Wildman–Crippen LogP) is 0.208. The monoisotopic (exact) mass is 222 g/mol. The topological polar surface area (TPSA) is 49.5 Å². The molecular formula is C8H18O5Si. The minimum Gasteiger partial charge on any atom is -0.375 e. The van der Waals surface area contributed by atoms with Crippen molar-refractivity contribution < 1.29 is 22.8 Å². The van der Waals surface area contributed by atoms with Gasteiger partial charge in [-0.2, -0.15) is 0 Å². The van der Waals surface area contributed by atoms with Crippen LogP contribution in [0, 0.1) is 0 Å². The van der Waals surface area contributed by atoms with Crippen molar-refractivity contribution in [1.29, 1.82) is 0 Å². The molecule has 2 atom stereocenters. The molecule has 0 bridgehead atoms. The molecule has 0 spiro atoms. The molecule has 1 aliphatic heterocycles. The second-order valence-electron chi connectivity index (χ2n) is 3.15. The second kappa shape index (κ2) is 5.20. The molecule has 1 fully saturated rings. The Morgan fingerprint density at radius 3 is 2.14 bits per heavy atom. The lowest BCUT2D eigenvalue weighted by molar-refractivity contribution is 0.0160. The van der Waals surface area contributed by atoms with E-state index in [9.17, 15) is 0 Å². The highest BCUT2D eigenvalue weighted by Gasteiger charge is 2.46. The Kier molecular flexibility index (Phi) is 4.49. The average molecular weight is 222 g/mol. The third-order valence-corrected chi connectivity index (χ3v) is 5.16. The Balaban J connectivity index is 2.39. The van der Waals surface area contributed by atoms with Gasteiger partial charge in [0.25, 0.3) is 0 Å². The molecule has 0 radical (unpaired) electrons. The standard InChI is InChI=1S/C8H18O5Si/c1-7(12-5-8-6-13-8)14(9-2,10-3)11-4/h7-8H,5-6H2,1-4H3. The van der Waals surface area contributed by atoms with Crippen molar-refractivity contribution >= 4 is 8.80 Å². The third kappa shape index (κ3) is 2.75. The first kappa shape index (κ1) is 12.1. The Morgan fingerprint density at radius 1 is 1.29 bits per heavy atom. The molecule has 6 heteroatoms. The van der Waals surface area contributed by atoms with Gasteiger partial charge in [0.05, 0.1) is 13.2 Å². The number of ether oxygens (including phenoxy) is 2. The highest BCUT2D eigenvalue weighted by atomic mass is 28.4. The highest BCUT2D eigenvalue weighted by molar-refractivity contribution is 6.61. The van der Waals surface area contributed by atoms with Crippen molar-refractivity contribution in [2.24, 2.45) is 0 Å². The SMILES string of the molecule is CO[Si](OC)(OC)C(C)OCC1CO1. The van der Waals surface area contributed by atoms with Crippen LogP contribution < -0.4 is 0 Å². The molecule has 1 saturated heterocycles. The van der Waals surface area contributed by atoms with Crippen LogP contribution in [-0.4, -0.2) is 55.2 Å². The summed E-state index contributed by atoms with van der Waals surface area (Å²) in [5, 5.41) is 0. The molecular weight excluding hydrogens is 204 g/mol. The summed E-state index contributed by atoms with van der Waals surface area (Å²) in [6, 6.07) is 0. The lowest BCUT2D eigenvalue weighted by Gasteiger charge is -2.29. The molecule has 0 aromatic heterocycles. The van der Waals surface area contributed by atoms with Gasteiger partial charge in [0, 0.05) is 21.3 Å². The van der Waals surface area contributed by atoms with Gasteiger partial charge < -0.3 is 22.8 Å². The number of hydrogen-bond donors (Lipinski definition) is 0. The first-order chi connectivity index (χ1) is 6.68. The molecule has 0 N–H and O–H groups in total. The summed E-state index contributed by atoms with van der Waals surface area (Å²) in [7, 11) is 2.09. The lowest BCUT2D eigenvalue weighted by Crippen LogP contribution is -2.54. The molecule has 0 aromatic carbocycles. The van der Waals surface area contributed by atoms with Crippen molar-refractivity contribution in [2.75, 3.05) is 34.5 Å². The van der Waals surface area contributed by atoms with Crippen LogP contribution in [0.3, 0.4) is 0 Å². The van der Waals surface area contributed by atoms with Crippen molar-refractivity contribution in [1.82, 2.24) is 0 Å². The Morgan fingerprint density at radius 2 is 1.79 bits per heavy atom. The van der Waals surface area contributed by atoms with Crippen LogP contribution in [0.5, 0.6) is 0 Å². The minimum atomic E-state index is -2.64. The van der Waals surface area contributed by atoms with Crippen LogP contribution >= 0.6 is 0 Å². The van der Waals surface area contributed by atoms with Crippen molar-refractivity contribution in [3.8, 4) is 0 Å². The zero-order valence-electron chi connectivity index (χ0n) is 9.11. The molecule has 84 valence electrons. The van der Waals surface area contributed by atoms with Gasteiger partial charge in [0.1, 0.15) is 11.8 Å². The summed E-state index contributed by atoms with van der Waals surface area (Å²) in [5.41, 5.74) is -0.174. The zero-order chi connectivity index (χ0) is 10.6. The maximum absolute atomic E-state index is 5.57. The van der Waals surface area contributed by atoms with Gasteiger partial charge in [0.15, 0.2) is 0 Å². The molecule has 0 amide bonds. The summed E-state index contributed by atoms with van der Waals surface area (Å²) >= 11 is 0. The Bertz CT molecular complexity index is 161. The summed E-state index contributed by atoms with van der Waals surface area (Å²) in [6.45, 7) is 3.26. The maximum Gasteiger partial charge on any atom is 0.530 e. The van der Waals surface area contributed by atoms with Crippen molar-refractivity contribution in [3.63, 3.8) is 0 Å². The van der Waals surface area contributed by atoms with E-state index in [1.807, 2.05) is 6.92 Å². The quantitative estimate of drug-likeness (QED) is 0.455. The molecule has 0 aromatic rings. The van der Waals surface area contributed by atoms with Crippen LogP contribution in [0.1, 0.15) is 6.92 Å². The van der Waals surface area contributed by atoms with Crippen LogP contribution in [0.4, 0.5) is 0 Å². The zero-order valence-corrected chi connectivity index (χ0v) is 10.1. The largest absolute Gasteiger partial charge is 0.530 e. The fraction of sp³-hybridized carbons (Fsp3) is 1.00. The van der Waals surface area contributed by atoms with Gasteiger partial charge in [-0.3, -0.25) is 0 Å². The van der Waals surface area contributed by atoms with E-state index < -0.39 is 8.80 Å². The third-order valence-electron chi connectivity index (χ3n) is 2.29. The molecule has 0 aliphatic carbocycles. The van der Waals surface area contributed by atoms with E-state index in [2.05, 4.69) is 0 Å². The Hall–Kier alpha value is 0.0169. The van der Waals surface area contributed by atoms with Crippen molar-refractivity contribution in [3.05, 3.63) is 0 Å². The van der Waals surface area contributed by atoms with Crippen LogP contribution in [0.2, 0.25) is 0 Å². The Labute approximate surface area is 85.6 Å². The van der Waals surface area contributed by atoms with Gasteiger partial charge in [-0.1, -0.05) is 0 Å². The van der Waals surface area contributed by atoms with E-state index >= 15 is 0 Å². The molecule has 1 heterocycles. The van der Waals surface area contributed by atoms with Crippen molar-refractivity contribution in [2.45, 2.75) is 18.8 Å². The first-order valence-corrected chi connectivity index (χ1v) is 6.37. The van der Waals surface area contributed by atoms with Gasteiger partial charge in [0.2, 0.25) is 0 Å². The summed E-state index contributed by atoms with van der Waals surface area (Å²) in [6.07, 6.45) is 0.245.